The number of halogens is 3. The number of alkyl halides is 3. The van der Waals surface area contributed by atoms with Gasteiger partial charge in [-0.3, -0.25) is 4.90 Å². The second-order valence-electron chi connectivity index (χ2n) is 2.32. The zero-order chi connectivity index (χ0) is 8.48. The summed E-state index contributed by atoms with van der Waals surface area (Å²) >= 11 is 0. The molecule has 0 unspecified atom stereocenters. The molecule has 1 aliphatic heterocycles. The molecule has 0 aromatic carbocycles. The summed E-state index contributed by atoms with van der Waals surface area (Å²) in [5.41, 5.74) is 0. The van der Waals surface area contributed by atoms with Gasteiger partial charge in [-0.25, -0.2) is 0 Å². The van der Waals surface area contributed by atoms with E-state index >= 15 is 0 Å². The molecule has 1 heterocycles. The number of ether oxygens (including phenoxy) is 1. The van der Waals surface area contributed by atoms with Gasteiger partial charge in [-0.05, 0) is 7.05 Å². The van der Waals surface area contributed by atoms with Crippen molar-refractivity contribution in [3.8, 4) is 0 Å². The van der Waals surface area contributed by atoms with Gasteiger partial charge in [0.1, 0.15) is 5.76 Å². The Morgan fingerprint density at radius 3 is 2.55 bits per heavy atom. The standard InChI is InChI=1S/C6H7F3NO/c1-10-3-2-5(4-10)11-6(7,8)9/h3-4H2,1H3. The van der Waals surface area contributed by atoms with Crippen LogP contribution in [0.1, 0.15) is 0 Å². The van der Waals surface area contributed by atoms with E-state index in [2.05, 4.69) is 10.8 Å². The molecule has 5 heteroatoms. The summed E-state index contributed by atoms with van der Waals surface area (Å²) in [7, 11) is 1.69. The third kappa shape index (κ3) is 2.80. The number of hydrogen-bond donors (Lipinski definition) is 0. The highest BCUT2D eigenvalue weighted by Crippen LogP contribution is 2.22. The molecule has 0 aromatic heterocycles. The lowest BCUT2D eigenvalue weighted by atomic mass is 10.5. The molecular weight excluding hydrogens is 159 g/mol. The fourth-order valence-electron chi connectivity index (χ4n) is 0.788. The zero-order valence-electron chi connectivity index (χ0n) is 5.90. The summed E-state index contributed by atoms with van der Waals surface area (Å²) in [6.07, 6.45) is -2.11. The minimum atomic E-state index is -4.58. The van der Waals surface area contributed by atoms with Gasteiger partial charge in [0.15, 0.2) is 0 Å². The Balaban J connectivity index is 2.40. The van der Waals surface area contributed by atoms with E-state index in [9.17, 15) is 13.2 Å². The zero-order valence-corrected chi connectivity index (χ0v) is 5.90. The first kappa shape index (κ1) is 8.39. The molecule has 2 nitrogen and oxygen atoms in total. The molecule has 1 rings (SSSR count). The van der Waals surface area contributed by atoms with Crippen LogP contribution in [0, 0.1) is 6.08 Å². The summed E-state index contributed by atoms with van der Waals surface area (Å²) in [4.78, 5) is 1.67. The smallest absolute Gasteiger partial charge is 0.409 e. The Hall–Kier alpha value is -0.710. The number of nitrogens with zero attached hydrogens (tertiary/aromatic N) is 1. The summed E-state index contributed by atoms with van der Waals surface area (Å²) in [6, 6.07) is 0. The molecule has 0 N–H and O–H groups in total. The van der Waals surface area contributed by atoms with Crippen LogP contribution in [0.3, 0.4) is 0 Å². The van der Waals surface area contributed by atoms with Crippen molar-refractivity contribution in [3.63, 3.8) is 0 Å². The third-order valence-corrected chi connectivity index (χ3v) is 1.20. The lowest BCUT2D eigenvalue weighted by molar-refractivity contribution is -0.306. The summed E-state index contributed by atoms with van der Waals surface area (Å²) in [5, 5.41) is 0. The molecule has 11 heavy (non-hydrogen) atoms. The molecule has 0 amide bonds. The molecule has 0 fully saturated rings. The Morgan fingerprint density at radius 1 is 1.55 bits per heavy atom. The monoisotopic (exact) mass is 166 g/mol. The predicted molar refractivity (Wildman–Crippen MR) is 31.4 cm³/mol. The van der Waals surface area contributed by atoms with Gasteiger partial charge in [0, 0.05) is 12.6 Å². The summed E-state index contributed by atoms with van der Waals surface area (Å²) in [5.74, 6) is -0.139. The van der Waals surface area contributed by atoms with Crippen LogP contribution in [0.15, 0.2) is 5.76 Å². The fourth-order valence-corrected chi connectivity index (χ4v) is 0.788. The molecule has 0 spiro atoms. The van der Waals surface area contributed by atoms with E-state index < -0.39 is 6.36 Å². The highest BCUT2D eigenvalue weighted by atomic mass is 19.4. The van der Waals surface area contributed by atoms with Crippen molar-refractivity contribution in [2.24, 2.45) is 0 Å². The molecule has 63 valence electrons. The van der Waals surface area contributed by atoms with Crippen LogP contribution in [0.25, 0.3) is 0 Å². The van der Waals surface area contributed by atoms with Crippen molar-refractivity contribution < 1.29 is 17.9 Å². The van der Waals surface area contributed by atoms with Gasteiger partial charge in [0.2, 0.25) is 0 Å². The van der Waals surface area contributed by atoms with Gasteiger partial charge in [-0.1, -0.05) is 0 Å². The molecular formula is C6H7F3NO. The molecule has 1 radical (unpaired) electrons. The maximum Gasteiger partial charge on any atom is 0.572 e. The average Bonchev–Trinajstić information content (AvgIpc) is 2.10. The van der Waals surface area contributed by atoms with Crippen molar-refractivity contribution in [1.82, 2.24) is 4.90 Å². The topological polar surface area (TPSA) is 12.5 Å². The normalized spacial score (nSPS) is 20.2. The van der Waals surface area contributed by atoms with Crippen LogP contribution in [0.2, 0.25) is 0 Å². The van der Waals surface area contributed by atoms with Crippen LogP contribution in [-0.2, 0) is 4.74 Å². The highest BCUT2D eigenvalue weighted by molar-refractivity contribution is 4.97. The largest absolute Gasteiger partial charge is 0.572 e. The minimum absolute atomic E-state index is 0.139. The Kier molecular flexibility index (Phi) is 2.08. The number of hydrogen-bond acceptors (Lipinski definition) is 2. The molecule has 0 bridgehead atoms. The number of rotatable bonds is 1. The van der Waals surface area contributed by atoms with Crippen LogP contribution < -0.4 is 0 Å². The Bertz CT molecular complexity index is 175. The van der Waals surface area contributed by atoms with Crippen molar-refractivity contribution in [3.05, 3.63) is 11.8 Å². The maximum absolute atomic E-state index is 11.5. The molecule has 0 atom stereocenters. The maximum atomic E-state index is 11.5. The first-order chi connectivity index (χ1) is 4.97. The Morgan fingerprint density at radius 2 is 2.18 bits per heavy atom. The highest BCUT2D eigenvalue weighted by Gasteiger charge is 2.33. The molecule has 0 saturated heterocycles. The van der Waals surface area contributed by atoms with E-state index in [1.165, 1.54) is 0 Å². The van der Waals surface area contributed by atoms with E-state index in [0.717, 1.165) is 0 Å². The predicted octanol–water partition coefficient (Wildman–Crippen LogP) is 1.16. The Labute approximate surface area is 62.2 Å². The van der Waals surface area contributed by atoms with Crippen molar-refractivity contribution in [2.45, 2.75) is 6.36 Å². The van der Waals surface area contributed by atoms with E-state index in [0.29, 0.717) is 6.54 Å². The van der Waals surface area contributed by atoms with Gasteiger partial charge < -0.3 is 4.74 Å². The molecule has 1 aliphatic rings. The van der Waals surface area contributed by atoms with Crippen LogP contribution >= 0.6 is 0 Å². The van der Waals surface area contributed by atoms with Gasteiger partial charge in [-0.15, -0.1) is 13.2 Å². The van der Waals surface area contributed by atoms with Crippen LogP contribution in [0.4, 0.5) is 13.2 Å². The second kappa shape index (κ2) is 2.73. The van der Waals surface area contributed by atoms with Gasteiger partial charge in [0.05, 0.1) is 6.54 Å². The van der Waals surface area contributed by atoms with E-state index in [-0.39, 0.29) is 12.3 Å². The van der Waals surface area contributed by atoms with Gasteiger partial charge in [0.25, 0.3) is 0 Å². The van der Waals surface area contributed by atoms with Crippen molar-refractivity contribution in [2.75, 3.05) is 20.1 Å². The van der Waals surface area contributed by atoms with E-state index in [1.54, 1.807) is 11.9 Å². The SMILES string of the molecule is CN1C[C]=C(OC(F)(F)F)C1. The van der Waals surface area contributed by atoms with Crippen LogP contribution in [0.5, 0.6) is 0 Å². The van der Waals surface area contributed by atoms with E-state index in [4.69, 9.17) is 0 Å². The van der Waals surface area contributed by atoms with Crippen molar-refractivity contribution in [1.29, 1.82) is 0 Å². The first-order valence-corrected chi connectivity index (χ1v) is 3.01. The average molecular weight is 166 g/mol. The first-order valence-electron chi connectivity index (χ1n) is 3.01. The van der Waals surface area contributed by atoms with Gasteiger partial charge >= 0.3 is 6.36 Å². The quantitative estimate of drug-likeness (QED) is 0.579. The molecule has 0 aliphatic carbocycles. The lowest BCUT2D eigenvalue weighted by Gasteiger charge is -2.10. The molecule has 0 aromatic rings. The third-order valence-electron chi connectivity index (χ3n) is 1.20. The summed E-state index contributed by atoms with van der Waals surface area (Å²) in [6.45, 7) is 0.574. The number of likely N-dealkylation sites (N-methyl/N-ethyl adjacent to an activating group) is 1. The second-order valence-corrected chi connectivity index (χ2v) is 2.32. The summed E-state index contributed by atoms with van der Waals surface area (Å²) < 4.78 is 38.2. The fraction of sp³-hybridized carbons (Fsp3) is 0.667. The lowest BCUT2D eigenvalue weighted by Crippen LogP contribution is -2.18. The van der Waals surface area contributed by atoms with Crippen LogP contribution in [-0.4, -0.2) is 31.4 Å². The molecule has 0 saturated carbocycles. The van der Waals surface area contributed by atoms with E-state index in [1.807, 2.05) is 0 Å². The minimum Gasteiger partial charge on any atom is -0.409 e. The van der Waals surface area contributed by atoms with Crippen molar-refractivity contribution >= 4 is 0 Å². The van der Waals surface area contributed by atoms with Gasteiger partial charge in [-0.2, -0.15) is 0 Å².